The quantitative estimate of drug-likeness (QED) is 0.294. The van der Waals surface area contributed by atoms with Crippen molar-refractivity contribution in [3.8, 4) is 0 Å². The minimum absolute atomic E-state index is 0. The van der Waals surface area contributed by atoms with Crippen molar-refractivity contribution in [2.24, 2.45) is 0 Å². The summed E-state index contributed by atoms with van der Waals surface area (Å²) in [6.45, 7) is 2.24. The first-order valence-electron chi connectivity index (χ1n) is 8.61. The third kappa shape index (κ3) is 17.5. The number of benzene rings is 1. The molecule has 1 aromatic carbocycles. The Kier molecular flexibility index (Phi) is 30.5. The van der Waals surface area contributed by atoms with E-state index < -0.39 is 10.1 Å². The van der Waals surface area contributed by atoms with Gasteiger partial charge in [0.25, 0.3) is 10.1 Å². The minimum Gasteiger partial charge on any atom is -0.412 e. The van der Waals surface area contributed by atoms with Crippen molar-refractivity contribution in [3.05, 3.63) is 29.8 Å². The van der Waals surface area contributed by atoms with Gasteiger partial charge in [0, 0.05) is 21.7 Å². The summed E-state index contributed by atoms with van der Waals surface area (Å²) in [6, 6.07) is 6.73. The van der Waals surface area contributed by atoms with Crippen molar-refractivity contribution in [2.45, 2.75) is 82.4 Å². The molecule has 0 radical (unpaired) electrons. The van der Waals surface area contributed by atoms with Crippen LogP contribution in [-0.2, 0) is 38.3 Å². The third-order valence-electron chi connectivity index (χ3n) is 4.05. The van der Waals surface area contributed by atoms with Crippen LogP contribution in [0.4, 0.5) is 0 Å². The molecule has 27 heavy (non-hydrogen) atoms. The first-order chi connectivity index (χ1) is 10.6. The average molecular weight is 446 g/mol. The molecule has 7 nitrogen and oxygen atoms in total. The molecule has 0 fully saturated rings. The Balaban J connectivity index is -0.000000323. The Bertz CT molecular complexity index is 524. The maximum Gasteiger partial charge on any atom is 0.294 e. The van der Waals surface area contributed by atoms with Crippen LogP contribution < -0.4 is 0 Å². The molecule has 0 aliphatic heterocycles. The van der Waals surface area contributed by atoms with Crippen molar-refractivity contribution in [3.63, 3.8) is 0 Å². The van der Waals surface area contributed by atoms with Crippen LogP contribution in [0.5, 0.6) is 0 Å². The Morgan fingerprint density at radius 1 is 0.741 bits per heavy atom. The molecule has 0 saturated heterocycles. The maximum absolute atomic E-state index is 11.3. The summed E-state index contributed by atoms with van der Waals surface area (Å²) in [5, 5.41) is 0. The number of hydrogen-bond acceptors (Lipinski definition) is 2. The summed E-state index contributed by atoms with van der Waals surface area (Å²) in [5.41, 5.74) is 0.726. The summed E-state index contributed by atoms with van der Waals surface area (Å²) in [4.78, 5) is 0.0610. The van der Waals surface area contributed by atoms with Crippen molar-refractivity contribution in [2.75, 3.05) is 0 Å². The van der Waals surface area contributed by atoms with Gasteiger partial charge in [-0.1, -0.05) is 82.9 Å². The van der Waals surface area contributed by atoms with Gasteiger partial charge in [-0.3, -0.25) is 4.55 Å². The number of aryl methyl sites for hydroxylation is 1. The van der Waals surface area contributed by atoms with E-state index in [1.54, 1.807) is 12.1 Å². The van der Waals surface area contributed by atoms with Gasteiger partial charge >= 0.3 is 0 Å². The topological polar surface area (TPSA) is 180 Å². The molecule has 162 valence electrons. The fourth-order valence-corrected chi connectivity index (χ4v) is 3.52. The van der Waals surface area contributed by atoms with Gasteiger partial charge in [-0.05, 0) is 24.5 Å². The smallest absolute Gasteiger partial charge is 0.294 e. The number of hydrogen-bond donors (Lipinski definition) is 1. The van der Waals surface area contributed by atoms with Gasteiger partial charge in [0.05, 0.1) is 4.90 Å². The third-order valence-corrected chi connectivity index (χ3v) is 5.00. The van der Waals surface area contributed by atoms with E-state index in [0.717, 1.165) is 18.4 Å². The van der Waals surface area contributed by atoms with E-state index in [-0.39, 0.29) is 48.5 Å². The van der Waals surface area contributed by atoms with Crippen LogP contribution in [0.25, 0.3) is 0 Å². The summed E-state index contributed by atoms with van der Waals surface area (Å²) in [5.74, 6) is 0. The minimum atomic E-state index is -4.10. The van der Waals surface area contributed by atoms with Crippen molar-refractivity contribution in [1.82, 2.24) is 0 Å². The fraction of sp³-hybridized carbons (Fsp3) is 0.667. The molecule has 9 heteroatoms. The molecule has 0 spiro atoms. The molecule has 9 N–H and O–H groups in total. The summed E-state index contributed by atoms with van der Waals surface area (Å²) < 4.78 is 31.8. The molecule has 0 aromatic heterocycles. The number of unbranched alkanes of at least 4 members (excludes halogenated alkanes) is 9. The van der Waals surface area contributed by atoms with Gasteiger partial charge in [0.15, 0.2) is 0 Å². The average Bonchev–Trinajstić information content (AvgIpc) is 2.48. The summed E-state index contributed by atoms with van der Waals surface area (Å²) in [7, 11) is -4.10. The normalized spacial score (nSPS) is 9.56. The standard InChI is InChI=1S/C18H30O3S.4H2O.Ti/c1-2-3-4-5-6-7-8-9-10-11-14-17-15-12-13-16-18(17)22(19,20)21;;;;;/h12-13,15-16H,2-11,14H2,1H3,(H,19,20,21);4*1H2;. The Morgan fingerprint density at radius 3 is 1.59 bits per heavy atom. The fourth-order valence-electron chi connectivity index (χ4n) is 2.76. The van der Waals surface area contributed by atoms with Gasteiger partial charge in [0.1, 0.15) is 0 Å². The van der Waals surface area contributed by atoms with Crippen molar-refractivity contribution in [1.29, 1.82) is 0 Å². The van der Waals surface area contributed by atoms with Gasteiger partial charge in [-0.25, -0.2) is 0 Å². The largest absolute Gasteiger partial charge is 0.412 e. The molecule has 0 aliphatic rings. The molecular formula is C18H38O7STi. The van der Waals surface area contributed by atoms with Crippen LogP contribution in [0.3, 0.4) is 0 Å². The SMILES string of the molecule is CCCCCCCCCCCCc1ccccc1S(=O)(=O)O.O.O.O.O.[Ti]. The molecule has 0 bridgehead atoms. The second kappa shape index (κ2) is 22.0. The first-order valence-corrected chi connectivity index (χ1v) is 10.0. The number of rotatable bonds is 12. The van der Waals surface area contributed by atoms with Crippen LogP contribution in [-0.4, -0.2) is 34.9 Å². The summed E-state index contributed by atoms with van der Waals surface area (Å²) in [6.07, 6.45) is 13.3. The Labute approximate surface area is 178 Å². The molecule has 1 aromatic rings. The molecule has 0 atom stereocenters. The van der Waals surface area contributed by atoms with Crippen LogP contribution >= 0.6 is 0 Å². The summed E-state index contributed by atoms with van der Waals surface area (Å²) >= 11 is 0. The molecular weight excluding hydrogens is 408 g/mol. The van der Waals surface area contributed by atoms with Crippen LogP contribution in [0, 0.1) is 0 Å². The predicted octanol–water partition coefficient (Wildman–Crippen LogP) is 2.10. The van der Waals surface area contributed by atoms with E-state index in [4.69, 9.17) is 0 Å². The van der Waals surface area contributed by atoms with E-state index in [2.05, 4.69) is 6.92 Å². The molecule has 0 heterocycles. The zero-order valence-corrected chi connectivity index (χ0v) is 18.6. The van der Waals surface area contributed by atoms with E-state index in [9.17, 15) is 13.0 Å². The maximum atomic E-state index is 11.3. The predicted molar refractivity (Wildman–Crippen MR) is 106 cm³/mol. The first kappa shape index (κ1) is 37.4. The van der Waals surface area contributed by atoms with Crippen LogP contribution in [0.1, 0.15) is 76.7 Å². The van der Waals surface area contributed by atoms with E-state index >= 15 is 0 Å². The zero-order valence-electron chi connectivity index (χ0n) is 16.3. The van der Waals surface area contributed by atoms with Gasteiger partial charge in [0.2, 0.25) is 0 Å². The Morgan fingerprint density at radius 2 is 1.15 bits per heavy atom. The van der Waals surface area contributed by atoms with E-state index in [1.807, 2.05) is 6.07 Å². The van der Waals surface area contributed by atoms with Gasteiger partial charge < -0.3 is 21.9 Å². The monoisotopic (exact) mass is 446 g/mol. The van der Waals surface area contributed by atoms with E-state index in [1.165, 1.54) is 57.4 Å². The zero-order chi connectivity index (χ0) is 16.3. The van der Waals surface area contributed by atoms with Crippen LogP contribution in [0.2, 0.25) is 0 Å². The molecule has 0 saturated carbocycles. The second-order valence-electron chi connectivity index (χ2n) is 6.01. The molecule has 0 aliphatic carbocycles. The van der Waals surface area contributed by atoms with Crippen molar-refractivity contribution >= 4 is 10.1 Å². The van der Waals surface area contributed by atoms with Gasteiger partial charge in [-0.15, -0.1) is 0 Å². The molecule has 0 amide bonds. The van der Waals surface area contributed by atoms with Gasteiger partial charge in [-0.2, -0.15) is 8.42 Å². The van der Waals surface area contributed by atoms with Crippen LogP contribution in [0.15, 0.2) is 29.2 Å². The van der Waals surface area contributed by atoms with Crippen molar-refractivity contribution < 1.29 is 56.6 Å². The molecule has 1 rings (SSSR count). The Hall–Kier alpha value is -0.316. The molecule has 0 unspecified atom stereocenters. The van der Waals surface area contributed by atoms with E-state index in [0.29, 0.717) is 6.42 Å². The second-order valence-corrected chi connectivity index (χ2v) is 7.40.